The molecule has 1 aliphatic rings. The molecule has 1 atom stereocenters. The van der Waals surface area contributed by atoms with Crippen molar-refractivity contribution in [1.82, 2.24) is 15.2 Å². The highest BCUT2D eigenvalue weighted by atomic mass is 79.9. The number of halogens is 1. The second-order valence-electron chi connectivity index (χ2n) is 6.52. The molecule has 9 heteroatoms. The lowest BCUT2D eigenvalue weighted by atomic mass is 10.1. The largest absolute Gasteiger partial charge is 0.324 e. The lowest BCUT2D eigenvalue weighted by Gasteiger charge is -2.25. The molecule has 3 aromatic rings. The average Bonchev–Trinajstić information content (AvgIpc) is 3.29. The fourth-order valence-electron chi connectivity index (χ4n) is 2.76. The number of guanidine groups is 1. The normalized spacial score (nSPS) is 16.8. The first kappa shape index (κ1) is 20.1. The SMILES string of the molecule is CC1=NN(C(=Nc2nnc(C)s2)Nc2ccc(Br)cc2)C(c2ccc(C)cc2)S1. The molecular weight excluding hydrogens is 468 g/mol. The van der Waals surface area contributed by atoms with Crippen molar-refractivity contribution < 1.29 is 0 Å². The minimum atomic E-state index is -0.00804. The van der Waals surface area contributed by atoms with Crippen LogP contribution in [0.25, 0.3) is 0 Å². The fourth-order valence-corrected chi connectivity index (χ4v) is 4.58. The predicted molar refractivity (Wildman–Crippen MR) is 126 cm³/mol. The first-order valence-electron chi connectivity index (χ1n) is 8.97. The fraction of sp³-hybridized carbons (Fsp3) is 0.200. The second kappa shape index (κ2) is 8.64. The van der Waals surface area contributed by atoms with Crippen molar-refractivity contribution in [3.8, 4) is 0 Å². The molecule has 2 heterocycles. The van der Waals surface area contributed by atoms with Crippen molar-refractivity contribution in [3.05, 3.63) is 69.1 Å². The van der Waals surface area contributed by atoms with Crippen LogP contribution < -0.4 is 5.32 Å². The number of nitrogens with zero attached hydrogens (tertiary/aromatic N) is 5. The van der Waals surface area contributed by atoms with E-state index in [1.807, 2.05) is 43.1 Å². The molecule has 0 saturated heterocycles. The molecule has 1 aromatic heterocycles. The standard InChI is InChI=1S/C20H19BrN6S2/c1-12-4-6-15(7-5-12)18-27(26-14(3)28-18)19(23-20-25-24-13(2)29-20)22-17-10-8-16(21)9-11-17/h4-11,18H,1-3H3,(H,22,23,25). The predicted octanol–water partition coefficient (Wildman–Crippen LogP) is 6.10. The summed E-state index contributed by atoms with van der Waals surface area (Å²) in [5.41, 5.74) is 3.31. The van der Waals surface area contributed by atoms with Crippen molar-refractivity contribution in [3.63, 3.8) is 0 Å². The van der Waals surface area contributed by atoms with Crippen LogP contribution in [0.5, 0.6) is 0 Å². The molecular formula is C20H19BrN6S2. The molecule has 0 spiro atoms. The van der Waals surface area contributed by atoms with E-state index in [0.29, 0.717) is 11.1 Å². The van der Waals surface area contributed by atoms with Gasteiger partial charge in [-0.25, -0.2) is 5.01 Å². The summed E-state index contributed by atoms with van der Waals surface area (Å²) in [7, 11) is 0. The number of hydrazone groups is 1. The lowest BCUT2D eigenvalue weighted by molar-refractivity contribution is 0.438. The number of hydrogen-bond acceptors (Lipinski definition) is 6. The van der Waals surface area contributed by atoms with Gasteiger partial charge in [-0.1, -0.05) is 68.9 Å². The molecule has 0 radical (unpaired) electrons. The number of benzene rings is 2. The number of hydrogen-bond donors (Lipinski definition) is 1. The lowest BCUT2D eigenvalue weighted by Crippen LogP contribution is -2.32. The molecule has 4 rings (SSSR count). The molecule has 148 valence electrons. The van der Waals surface area contributed by atoms with Gasteiger partial charge >= 0.3 is 0 Å². The van der Waals surface area contributed by atoms with Gasteiger partial charge in [0.05, 0.1) is 5.04 Å². The van der Waals surface area contributed by atoms with E-state index in [-0.39, 0.29) is 5.37 Å². The zero-order valence-electron chi connectivity index (χ0n) is 16.1. The number of nitrogens with one attached hydrogen (secondary N) is 1. The van der Waals surface area contributed by atoms with E-state index in [9.17, 15) is 0 Å². The van der Waals surface area contributed by atoms with E-state index in [4.69, 9.17) is 10.1 Å². The Balaban J connectivity index is 1.72. The number of aryl methyl sites for hydroxylation is 2. The van der Waals surface area contributed by atoms with E-state index in [0.717, 1.165) is 20.2 Å². The Hall–Kier alpha value is -2.23. The van der Waals surface area contributed by atoms with Crippen LogP contribution in [0.1, 0.15) is 28.4 Å². The first-order chi connectivity index (χ1) is 14.0. The summed E-state index contributed by atoms with van der Waals surface area (Å²) in [4.78, 5) is 4.75. The Kier molecular flexibility index (Phi) is 5.98. The van der Waals surface area contributed by atoms with E-state index in [1.54, 1.807) is 11.8 Å². The van der Waals surface area contributed by atoms with Gasteiger partial charge in [0.25, 0.3) is 0 Å². The summed E-state index contributed by atoms with van der Waals surface area (Å²) in [6.45, 7) is 6.02. The highest BCUT2D eigenvalue weighted by Crippen LogP contribution is 2.40. The molecule has 0 saturated carbocycles. The van der Waals surface area contributed by atoms with Gasteiger partial charge in [0.2, 0.25) is 11.1 Å². The number of thioether (sulfide) groups is 1. The summed E-state index contributed by atoms with van der Waals surface area (Å²) in [6, 6.07) is 16.5. The maximum Gasteiger partial charge on any atom is 0.234 e. The minimum absolute atomic E-state index is 0.00804. The molecule has 0 fully saturated rings. The van der Waals surface area contributed by atoms with Gasteiger partial charge in [0.1, 0.15) is 10.4 Å². The third-order valence-corrected chi connectivity index (χ3v) is 6.53. The van der Waals surface area contributed by atoms with E-state index in [1.165, 1.54) is 22.5 Å². The summed E-state index contributed by atoms with van der Waals surface area (Å²) in [6.07, 6.45) is 0. The maximum absolute atomic E-state index is 4.75. The van der Waals surface area contributed by atoms with Crippen LogP contribution in [-0.2, 0) is 0 Å². The number of rotatable bonds is 3. The summed E-state index contributed by atoms with van der Waals surface area (Å²) in [5.74, 6) is 0.610. The molecule has 1 N–H and O–H groups in total. The van der Waals surface area contributed by atoms with Gasteiger partial charge in [-0.2, -0.15) is 10.1 Å². The zero-order valence-corrected chi connectivity index (χ0v) is 19.3. The topological polar surface area (TPSA) is 65.8 Å². The molecule has 1 unspecified atom stereocenters. The second-order valence-corrected chi connectivity index (χ2v) is 9.86. The molecule has 2 aromatic carbocycles. The Bertz CT molecular complexity index is 1060. The molecule has 1 aliphatic heterocycles. The Labute approximate surface area is 186 Å². The number of aromatic nitrogens is 2. The zero-order chi connectivity index (χ0) is 20.4. The van der Waals surface area contributed by atoms with Crippen LogP contribution in [0, 0.1) is 13.8 Å². The van der Waals surface area contributed by atoms with Gasteiger partial charge < -0.3 is 5.32 Å². The highest BCUT2D eigenvalue weighted by Gasteiger charge is 2.31. The summed E-state index contributed by atoms with van der Waals surface area (Å²) < 4.78 is 1.02. The third kappa shape index (κ3) is 4.85. The van der Waals surface area contributed by atoms with Crippen LogP contribution in [0.15, 0.2) is 63.1 Å². The molecule has 0 aliphatic carbocycles. The molecule has 0 amide bonds. The molecule has 0 bridgehead atoms. The van der Waals surface area contributed by atoms with Crippen molar-refractivity contribution in [2.45, 2.75) is 26.1 Å². The Morgan fingerprint density at radius 1 is 1.03 bits per heavy atom. The molecule has 29 heavy (non-hydrogen) atoms. The smallest absolute Gasteiger partial charge is 0.234 e. The van der Waals surface area contributed by atoms with Crippen LogP contribution in [0.4, 0.5) is 10.8 Å². The van der Waals surface area contributed by atoms with Crippen LogP contribution >= 0.6 is 39.0 Å². The van der Waals surface area contributed by atoms with Gasteiger partial charge in [0.15, 0.2) is 0 Å². The van der Waals surface area contributed by atoms with Gasteiger partial charge in [-0.05, 0) is 50.6 Å². The minimum Gasteiger partial charge on any atom is -0.324 e. The van der Waals surface area contributed by atoms with Crippen LogP contribution in [0.3, 0.4) is 0 Å². The maximum atomic E-state index is 4.75. The Morgan fingerprint density at radius 2 is 1.76 bits per heavy atom. The van der Waals surface area contributed by atoms with Crippen molar-refractivity contribution in [2.24, 2.45) is 10.1 Å². The Morgan fingerprint density at radius 3 is 2.41 bits per heavy atom. The van der Waals surface area contributed by atoms with E-state index < -0.39 is 0 Å². The van der Waals surface area contributed by atoms with E-state index in [2.05, 4.69) is 62.6 Å². The number of aliphatic imine (C=N–C) groups is 1. The highest BCUT2D eigenvalue weighted by molar-refractivity contribution is 9.10. The quantitative estimate of drug-likeness (QED) is 0.357. The molecule has 6 nitrogen and oxygen atoms in total. The summed E-state index contributed by atoms with van der Waals surface area (Å²) >= 11 is 6.63. The van der Waals surface area contributed by atoms with Crippen LogP contribution in [-0.4, -0.2) is 26.2 Å². The van der Waals surface area contributed by atoms with Gasteiger partial charge in [-0.3, -0.25) is 0 Å². The van der Waals surface area contributed by atoms with Gasteiger partial charge in [0, 0.05) is 10.2 Å². The van der Waals surface area contributed by atoms with Gasteiger partial charge in [-0.15, -0.1) is 10.2 Å². The average molecular weight is 487 g/mol. The van der Waals surface area contributed by atoms with Crippen molar-refractivity contribution in [1.29, 1.82) is 0 Å². The number of anilines is 1. The summed E-state index contributed by atoms with van der Waals surface area (Å²) in [5, 5.41) is 20.8. The van der Waals surface area contributed by atoms with Crippen molar-refractivity contribution in [2.75, 3.05) is 5.32 Å². The first-order valence-corrected chi connectivity index (χ1v) is 11.5. The van der Waals surface area contributed by atoms with E-state index >= 15 is 0 Å². The van der Waals surface area contributed by atoms with Crippen LogP contribution in [0.2, 0.25) is 0 Å². The monoisotopic (exact) mass is 486 g/mol. The van der Waals surface area contributed by atoms with Crippen molar-refractivity contribution >= 4 is 60.9 Å². The third-order valence-electron chi connectivity index (χ3n) is 4.15.